The topological polar surface area (TPSA) is 237 Å². The van der Waals surface area contributed by atoms with E-state index in [9.17, 15) is 43.2 Å². The fraction of sp³-hybridized carbons (Fsp3) is 0.947. The minimum atomic E-state index is -4.96. The third-order valence-electron chi connectivity index (χ3n) is 17.7. The summed E-state index contributed by atoms with van der Waals surface area (Å²) in [6.07, 6.45) is 55.7. The smallest absolute Gasteiger partial charge is 0.462 e. The van der Waals surface area contributed by atoms with E-state index in [0.29, 0.717) is 31.6 Å². The number of unbranched alkanes of at least 4 members (excludes halogenated alkanes) is 45. The Morgan fingerprint density at radius 2 is 0.484 bits per heavy atom. The Morgan fingerprint density at radius 3 is 0.716 bits per heavy atom. The highest BCUT2D eigenvalue weighted by molar-refractivity contribution is 7.47. The summed E-state index contributed by atoms with van der Waals surface area (Å²) in [5.41, 5.74) is 0. The number of hydrogen-bond donors (Lipinski definition) is 3. The molecule has 5 atom stereocenters. The lowest BCUT2D eigenvalue weighted by Crippen LogP contribution is -2.30. The van der Waals surface area contributed by atoms with Crippen molar-refractivity contribution in [3.63, 3.8) is 0 Å². The molecule has 0 aromatic carbocycles. The molecule has 19 heteroatoms. The lowest BCUT2D eigenvalue weighted by molar-refractivity contribution is -0.161. The minimum absolute atomic E-state index is 0.104. The maximum atomic E-state index is 13.1. The Hall–Kier alpha value is -1.94. The molecule has 17 nitrogen and oxygen atoms in total. The summed E-state index contributed by atoms with van der Waals surface area (Å²) in [5, 5.41) is 10.6. The maximum Gasteiger partial charge on any atom is 0.472 e. The van der Waals surface area contributed by atoms with Gasteiger partial charge in [-0.3, -0.25) is 37.3 Å². The molecule has 0 rings (SSSR count). The van der Waals surface area contributed by atoms with Gasteiger partial charge in [0.05, 0.1) is 26.4 Å². The van der Waals surface area contributed by atoms with Crippen molar-refractivity contribution in [1.82, 2.24) is 0 Å². The zero-order chi connectivity index (χ0) is 70.0. The summed E-state index contributed by atoms with van der Waals surface area (Å²) in [7, 11) is -9.91. The van der Waals surface area contributed by atoms with E-state index in [-0.39, 0.29) is 25.7 Å². The van der Waals surface area contributed by atoms with Crippen LogP contribution in [0, 0.1) is 11.8 Å². The molecule has 0 aliphatic carbocycles. The Bertz CT molecular complexity index is 1840. The van der Waals surface area contributed by atoms with Crippen LogP contribution in [0.25, 0.3) is 0 Å². The molecule has 0 saturated carbocycles. The summed E-state index contributed by atoms with van der Waals surface area (Å²) in [6, 6.07) is 0. The molecule has 0 aromatic heterocycles. The molecule has 0 heterocycles. The highest BCUT2D eigenvalue weighted by atomic mass is 31.2. The molecule has 0 spiro atoms. The Balaban J connectivity index is 5.20. The van der Waals surface area contributed by atoms with E-state index >= 15 is 0 Å². The van der Waals surface area contributed by atoms with Crippen LogP contribution in [0.1, 0.15) is 395 Å². The third kappa shape index (κ3) is 70.3. The predicted molar refractivity (Wildman–Crippen MR) is 386 cm³/mol. The minimum Gasteiger partial charge on any atom is -0.462 e. The predicted octanol–water partition coefficient (Wildman–Crippen LogP) is 22.3. The lowest BCUT2D eigenvalue weighted by Gasteiger charge is -2.21. The van der Waals surface area contributed by atoms with Gasteiger partial charge in [-0.2, -0.15) is 0 Å². The molecular formula is C76H148O17P2. The van der Waals surface area contributed by atoms with E-state index < -0.39 is 97.5 Å². The molecule has 95 heavy (non-hydrogen) atoms. The van der Waals surface area contributed by atoms with E-state index in [1.165, 1.54) is 212 Å². The fourth-order valence-electron chi connectivity index (χ4n) is 11.7. The molecule has 0 radical (unpaired) electrons. The molecule has 564 valence electrons. The Morgan fingerprint density at radius 1 is 0.284 bits per heavy atom. The van der Waals surface area contributed by atoms with Crippen LogP contribution in [0.2, 0.25) is 0 Å². The number of phosphoric ester groups is 2. The quantitative estimate of drug-likeness (QED) is 0.0222. The van der Waals surface area contributed by atoms with Crippen molar-refractivity contribution in [3.8, 4) is 0 Å². The van der Waals surface area contributed by atoms with Crippen LogP contribution < -0.4 is 0 Å². The number of ether oxygens (including phenoxy) is 4. The highest BCUT2D eigenvalue weighted by Crippen LogP contribution is 2.45. The van der Waals surface area contributed by atoms with Gasteiger partial charge in [0.2, 0.25) is 0 Å². The average molecular weight is 1400 g/mol. The first-order chi connectivity index (χ1) is 45.9. The SMILES string of the molecule is CCCCCCCCCCCCCCCCCCCC(=O)OC[C@H](COP(=O)(O)OC[C@@H](O)COP(=O)(O)OC[C@@H](COC(=O)CCCCCCCCCCC)OC(=O)CCCCCCCCCC(C)C)OC(=O)CCCCCCCCCCCCCCCCCCC(C)C. The normalized spacial score (nSPS) is 14.0. The van der Waals surface area contributed by atoms with E-state index in [0.717, 1.165) is 95.8 Å². The Kier molecular flexibility index (Phi) is 66.5. The molecule has 3 N–H and O–H groups in total. The number of aliphatic hydroxyl groups is 1. The number of rotatable bonds is 75. The van der Waals surface area contributed by atoms with Gasteiger partial charge in [0.25, 0.3) is 0 Å². The van der Waals surface area contributed by atoms with Gasteiger partial charge in [-0.1, -0.05) is 343 Å². The number of aliphatic hydroxyl groups excluding tert-OH is 1. The number of phosphoric acid groups is 2. The van der Waals surface area contributed by atoms with Crippen LogP contribution in [0.5, 0.6) is 0 Å². The molecule has 0 fully saturated rings. The first kappa shape index (κ1) is 93.1. The zero-order valence-electron chi connectivity index (χ0n) is 62.0. The molecule has 0 aliphatic rings. The van der Waals surface area contributed by atoms with Gasteiger partial charge in [-0.15, -0.1) is 0 Å². The summed E-state index contributed by atoms with van der Waals surface area (Å²) in [4.78, 5) is 72.7. The molecule has 2 unspecified atom stereocenters. The van der Waals surface area contributed by atoms with Gasteiger partial charge in [-0.25, -0.2) is 9.13 Å². The molecule has 0 amide bonds. The number of carbonyl (C=O) groups excluding carboxylic acids is 4. The first-order valence-electron chi connectivity index (χ1n) is 39.5. The Labute approximate surface area is 581 Å². The van der Waals surface area contributed by atoms with E-state index in [1.807, 2.05) is 0 Å². The second-order valence-corrected chi connectivity index (χ2v) is 31.3. The lowest BCUT2D eigenvalue weighted by atomic mass is 10.0. The van der Waals surface area contributed by atoms with Crippen molar-refractivity contribution in [2.45, 2.75) is 413 Å². The summed E-state index contributed by atoms with van der Waals surface area (Å²) >= 11 is 0. The van der Waals surface area contributed by atoms with Crippen molar-refractivity contribution in [1.29, 1.82) is 0 Å². The number of carbonyl (C=O) groups is 4. The third-order valence-corrected chi connectivity index (χ3v) is 19.6. The summed E-state index contributed by atoms with van der Waals surface area (Å²) in [5.74, 6) is -0.614. The van der Waals surface area contributed by atoms with Gasteiger partial charge in [-0.05, 0) is 37.5 Å². The van der Waals surface area contributed by atoms with Crippen molar-refractivity contribution >= 4 is 39.5 Å². The number of esters is 4. The molecular weight excluding hydrogens is 1250 g/mol. The fourth-order valence-corrected chi connectivity index (χ4v) is 13.2. The average Bonchev–Trinajstić information content (AvgIpc) is 1.40. The van der Waals surface area contributed by atoms with E-state index in [2.05, 4.69) is 41.5 Å². The van der Waals surface area contributed by atoms with Crippen LogP contribution >= 0.6 is 15.6 Å². The first-order valence-corrected chi connectivity index (χ1v) is 42.5. The highest BCUT2D eigenvalue weighted by Gasteiger charge is 2.30. The van der Waals surface area contributed by atoms with Gasteiger partial charge in [0, 0.05) is 25.7 Å². The van der Waals surface area contributed by atoms with Crippen molar-refractivity contribution in [3.05, 3.63) is 0 Å². The summed E-state index contributed by atoms with van der Waals surface area (Å²) in [6.45, 7) is 9.55. The standard InChI is InChI=1S/C76H148O17P2/c1-7-9-11-13-15-17-18-19-20-21-25-28-31-35-41-47-53-59-74(79)87-64-71(92-75(80)60-54-48-42-36-32-29-26-23-22-24-27-30-34-38-44-50-56-68(3)4)66-90-94(82,83)88-62-70(77)63-89-95(84,85)91-67-72(65-86-73(78)58-52-46-40-33-16-14-12-10-8-2)93-76(81)61-55-49-43-37-39-45-51-57-69(5)6/h68-72,77H,7-67H2,1-6H3,(H,82,83)(H,84,85)/t70-,71-,72-/m1/s1. The summed E-state index contributed by atoms with van der Waals surface area (Å²) < 4.78 is 68.4. The largest absolute Gasteiger partial charge is 0.472 e. The second-order valence-electron chi connectivity index (χ2n) is 28.3. The van der Waals surface area contributed by atoms with Crippen LogP contribution in [-0.2, 0) is 65.4 Å². The molecule has 0 aromatic rings. The molecule has 0 bridgehead atoms. The van der Waals surface area contributed by atoms with Gasteiger partial charge in [0.15, 0.2) is 12.2 Å². The van der Waals surface area contributed by atoms with Crippen LogP contribution in [0.3, 0.4) is 0 Å². The van der Waals surface area contributed by atoms with Crippen LogP contribution in [0.4, 0.5) is 0 Å². The monoisotopic (exact) mass is 1400 g/mol. The van der Waals surface area contributed by atoms with Crippen molar-refractivity contribution in [2.24, 2.45) is 11.8 Å². The van der Waals surface area contributed by atoms with Crippen molar-refractivity contribution in [2.75, 3.05) is 39.6 Å². The zero-order valence-corrected chi connectivity index (χ0v) is 63.8. The van der Waals surface area contributed by atoms with Gasteiger partial charge in [0.1, 0.15) is 19.3 Å². The van der Waals surface area contributed by atoms with E-state index in [1.54, 1.807) is 0 Å². The second kappa shape index (κ2) is 67.9. The molecule has 0 saturated heterocycles. The van der Waals surface area contributed by atoms with Gasteiger partial charge < -0.3 is 33.8 Å². The van der Waals surface area contributed by atoms with E-state index in [4.69, 9.17) is 37.0 Å². The maximum absolute atomic E-state index is 13.1. The van der Waals surface area contributed by atoms with Gasteiger partial charge >= 0.3 is 39.5 Å². The molecule has 0 aliphatic heterocycles. The van der Waals surface area contributed by atoms with Crippen LogP contribution in [0.15, 0.2) is 0 Å². The van der Waals surface area contributed by atoms with Crippen LogP contribution in [-0.4, -0.2) is 96.7 Å². The number of hydrogen-bond acceptors (Lipinski definition) is 15. The van der Waals surface area contributed by atoms with Crippen molar-refractivity contribution < 1.29 is 80.2 Å².